The maximum Gasteiger partial charge on any atom is 0.410 e. The average Bonchev–Trinajstić information content (AvgIpc) is 3.35. The summed E-state index contributed by atoms with van der Waals surface area (Å²) in [5, 5.41) is 0. The molecule has 0 N–H and O–H groups in total. The van der Waals surface area contributed by atoms with Crippen molar-refractivity contribution in [2.75, 3.05) is 32.8 Å². The maximum absolute atomic E-state index is 12.0. The second kappa shape index (κ2) is 7.89. The molecular formula is C21H28N2O4. The summed E-state index contributed by atoms with van der Waals surface area (Å²) in [6.07, 6.45) is 3.90. The number of nitrogens with zero attached hydrogens (tertiary/aromatic N) is 2. The summed E-state index contributed by atoms with van der Waals surface area (Å²) in [6, 6.07) is 8.28. The van der Waals surface area contributed by atoms with Crippen LogP contribution in [-0.2, 0) is 4.74 Å². The lowest BCUT2D eigenvalue weighted by atomic mass is 10.1. The second-order valence-corrected chi connectivity index (χ2v) is 7.75. The van der Waals surface area contributed by atoms with E-state index in [1.807, 2.05) is 36.1 Å². The fourth-order valence-corrected chi connectivity index (χ4v) is 4.21. The van der Waals surface area contributed by atoms with Crippen LogP contribution in [0.15, 0.2) is 24.3 Å². The molecule has 0 unspecified atom stereocenters. The van der Waals surface area contributed by atoms with Crippen LogP contribution in [0.4, 0.5) is 4.79 Å². The van der Waals surface area contributed by atoms with Crippen molar-refractivity contribution in [3.05, 3.63) is 29.8 Å². The molecule has 1 amide bonds. The zero-order valence-corrected chi connectivity index (χ0v) is 15.9. The van der Waals surface area contributed by atoms with Crippen molar-refractivity contribution in [1.82, 2.24) is 9.80 Å². The summed E-state index contributed by atoms with van der Waals surface area (Å²) in [6.45, 7) is 5.63. The predicted octanol–water partition coefficient (Wildman–Crippen LogP) is 2.96. The van der Waals surface area contributed by atoms with Crippen LogP contribution in [0.1, 0.15) is 43.0 Å². The fraction of sp³-hybridized carbons (Fsp3) is 0.619. The largest absolute Gasteiger partial charge is 0.494 e. The molecule has 6 nitrogen and oxygen atoms in total. The van der Waals surface area contributed by atoms with Crippen molar-refractivity contribution in [2.24, 2.45) is 5.92 Å². The first-order valence-electron chi connectivity index (χ1n) is 10.1. The standard InChI is InChI=1S/C21H28N2O4/c1-2-26-21(25)23-14-17-12-18(23)13-22(17)10-3-11-27-19-8-6-16(7-9-19)20(24)15-4-5-15/h6-9,15,17-18H,2-5,10-14H2,1H3/t17-,18-/m0/s1. The normalized spacial score (nSPS) is 24.3. The molecule has 1 saturated carbocycles. The van der Waals surface area contributed by atoms with E-state index in [1.54, 1.807) is 0 Å². The number of hydrogen-bond donors (Lipinski definition) is 0. The minimum atomic E-state index is -0.170. The SMILES string of the molecule is CCOC(=O)N1C[C@@H]2C[C@H]1CN2CCCOc1ccc(C(=O)C2CC2)cc1. The predicted molar refractivity (Wildman–Crippen MR) is 101 cm³/mol. The van der Waals surface area contributed by atoms with E-state index in [0.29, 0.717) is 25.3 Å². The van der Waals surface area contributed by atoms with Crippen molar-refractivity contribution >= 4 is 11.9 Å². The minimum absolute atomic E-state index is 0.170. The monoisotopic (exact) mass is 372 g/mol. The topological polar surface area (TPSA) is 59.1 Å². The zero-order valence-electron chi connectivity index (χ0n) is 15.9. The molecule has 1 aromatic rings. The molecule has 146 valence electrons. The highest BCUT2D eigenvalue weighted by atomic mass is 16.6. The Morgan fingerprint density at radius 2 is 1.89 bits per heavy atom. The smallest absolute Gasteiger partial charge is 0.410 e. The third-order valence-electron chi connectivity index (χ3n) is 5.80. The van der Waals surface area contributed by atoms with Gasteiger partial charge in [-0.25, -0.2) is 4.79 Å². The second-order valence-electron chi connectivity index (χ2n) is 7.75. The number of fused-ring (bicyclic) bond motifs is 2. The van der Waals surface area contributed by atoms with E-state index in [9.17, 15) is 9.59 Å². The number of rotatable bonds is 8. The summed E-state index contributed by atoms with van der Waals surface area (Å²) in [4.78, 5) is 28.3. The molecule has 3 fully saturated rings. The van der Waals surface area contributed by atoms with Crippen LogP contribution in [0, 0.1) is 5.92 Å². The molecule has 6 heteroatoms. The summed E-state index contributed by atoms with van der Waals surface area (Å²) < 4.78 is 11.0. The summed E-state index contributed by atoms with van der Waals surface area (Å²) >= 11 is 0. The number of hydrogen-bond acceptors (Lipinski definition) is 5. The molecule has 1 aliphatic carbocycles. The summed E-state index contributed by atoms with van der Waals surface area (Å²) in [5.74, 6) is 1.34. The Morgan fingerprint density at radius 3 is 2.52 bits per heavy atom. The fourth-order valence-electron chi connectivity index (χ4n) is 4.21. The first-order chi connectivity index (χ1) is 13.2. The van der Waals surface area contributed by atoms with E-state index < -0.39 is 0 Å². The van der Waals surface area contributed by atoms with Gasteiger partial charge in [0.25, 0.3) is 0 Å². The molecule has 2 atom stereocenters. The van der Waals surface area contributed by atoms with Crippen molar-refractivity contribution < 1.29 is 19.1 Å². The number of piperazine rings is 1. The Hall–Kier alpha value is -2.08. The summed E-state index contributed by atoms with van der Waals surface area (Å²) in [7, 11) is 0. The molecule has 0 radical (unpaired) electrons. The van der Waals surface area contributed by atoms with Crippen molar-refractivity contribution in [1.29, 1.82) is 0 Å². The van der Waals surface area contributed by atoms with Crippen LogP contribution in [0.25, 0.3) is 0 Å². The van der Waals surface area contributed by atoms with Gasteiger partial charge in [0, 0.05) is 43.2 Å². The van der Waals surface area contributed by atoms with Gasteiger partial charge in [-0.3, -0.25) is 9.69 Å². The van der Waals surface area contributed by atoms with E-state index in [-0.39, 0.29) is 17.8 Å². The molecule has 0 aromatic heterocycles. The van der Waals surface area contributed by atoms with Crippen molar-refractivity contribution in [3.63, 3.8) is 0 Å². The van der Waals surface area contributed by atoms with Gasteiger partial charge in [0.1, 0.15) is 5.75 Å². The Labute approximate surface area is 160 Å². The number of benzene rings is 1. The Kier molecular flexibility index (Phi) is 5.34. The first kappa shape index (κ1) is 18.3. The van der Waals surface area contributed by atoms with Crippen molar-refractivity contribution in [3.8, 4) is 5.75 Å². The quantitative estimate of drug-likeness (QED) is 0.519. The van der Waals surface area contributed by atoms with E-state index in [4.69, 9.17) is 9.47 Å². The first-order valence-corrected chi connectivity index (χ1v) is 10.1. The van der Waals surface area contributed by atoms with Crippen LogP contribution in [-0.4, -0.2) is 66.6 Å². The highest BCUT2D eigenvalue weighted by Gasteiger charge is 2.45. The lowest BCUT2D eigenvalue weighted by Crippen LogP contribution is -2.49. The molecule has 2 aliphatic heterocycles. The van der Waals surface area contributed by atoms with Crippen molar-refractivity contribution in [2.45, 2.75) is 44.7 Å². The van der Waals surface area contributed by atoms with Gasteiger partial charge in [0.2, 0.25) is 0 Å². The van der Waals surface area contributed by atoms with Crippen LogP contribution >= 0.6 is 0 Å². The lowest BCUT2D eigenvalue weighted by Gasteiger charge is -2.33. The van der Waals surface area contributed by atoms with E-state index >= 15 is 0 Å². The lowest BCUT2D eigenvalue weighted by molar-refractivity contribution is 0.0760. The molecular weight excluding hydrogens is 344 g/mol. The van der Waals surface area contributed by atoms with Gasteiger partial charge in [-0.05, 0) is 56.9 Å². The molecule has 2 heterocycles. The number of carbonyl (C=O) groups excluding carboxylic acids is 2. The highest BCUT2D eigenvalue weighted by molar-refractivity contribution is 5.99. The van der Waals surface area contributed by atoms with Crippen LogP contribution in [0.2, 0.25) is 0 Å². The molecule has 3 aliphatic rings. The Balaban J connectivity index is 1.16. The average molecular weight is 372 g/mol. The minimum Gasteiger partial charge on any atom is -0.494 e. The third-order valence-corrected chi connectivity index (χ3v) is 5.80. The molecule has 2 bridgehead atoms. The number of ether oxygens (including phenoxy) is 2. The molecule has 2 saturated heterocycles. The van der Waals surface area contributed by atoms with Gasteiger partial charge >= 0.3 is 6.09 Å². The van der Waals surface area contributed by atoms with Gasteiger partial charge in [0.05, 0.1) is 13.2 Å². The molecule has 0 spiro atoms. The van der Waals surface area contributed by atoms with Gasteiger partial charge < -0.3 is 14.4 Å². The van der Waals surface area contributed by atoms with E-state index in [2.05, 4.69) is 4.90 Å². The van der Waals surface area contributed by atoms with Crippen LogP contribution in [0.5, 0.6) is 5.75 Å². The number of carbonyl (C=O) groups is 2. The van der Waals surface area contributed by atoms with Crippen LogP contribution in [0.3, 0.4) is 0 Å². The number of Topliss-reactive ketones (excluding diaryl/α,β-unsaturated/α-hetero) is 1. The van der Waals surface area contributed by atoms with E-state index in [1.165, 1.54) is 0 Å². The number of amides is 1. The maximum atomic E-state index is 12.0. The highest BCUT2D eigenvalue weighted by Crippen LogP contribution is 2.33. The molecule has 27 heavy (non-hydrogen) atoms. The van der Waals surface area contributed by atoms with Gasteiger partial charge in [-0.2, -0.15) is 0 Å². The molecule has 4 rings (SSSR count). The summed E-state index contributed by atoms with van der Waals surface area (Å²) in [5.41, 5.74) is 0.795. The van der Waals surface area contributed by atoms with Gasteiger partial charge in [0.15, 0.2) is 5.78 Å². The Morgan fingerprint density at radius 1 is 1.11 bits per heavy atom. The number of ketones is 1. The Bertz CT molecular complexity index is 686. The number of likely N-dealkylation sites (tertiary alicyclic amines) is 2. The third kappa shape index (κ3) is 4.10. The molecule has 1 aromatic carbocycles. The van der Waals surface area contributed by atoms with Crippen LogP contribution < -0.4 is 4.74 Å². The van der Waals surface area contributed by atoms with Gasteiger partial charge in [-0.1, -0.05) is 0 Å². The van der Waals surface area contributed by atoms with Gasteiger partial charge in [-0.15, -0.1) is 0 Å². The zero-order chi connectivity index (χ0) is 18.8. The van der Waals surface area contributed by atoms with E-state index in [0.717, 1.165) is 56.6 Å².